The van der Waals surface area contributed by atoms with Crippen molar-refractivity contribution in [2.24, 2.45) is 0 Å². The van der Waals surface area contributed by atoms with Gasteiger partial charge in [-0.15, -0.1) is 0 Å². The fraction of sp³-hybridized carbons (Fsp3) is 0.562. The fourth-order valence-electron chi connectivity index (χ4n) is 2.74. The first-order chi connectivity index (χ1) is 9.76. The van der Waals surface area contributed by atoms with Gasteiger partial charge in [-0.3, -0.25) is 4.79 Å². The number of benzene rings is 1. The van der Waals surface area contributed by atoms with Crippen molar-refractivity contribution in [2.75, 3.05) is 20.2 Å². The molecule has 0 aromatic heterocycles. The third kappa shape index (κ3) is 3.12. The Morgan fingerprint density at radius 3 is 2.95 bits per heavy atom. The van der Waals surface area contributed by atoms with E-state index in [1.807, 2.05) is 23.1 Å². The second-order valence-corrected chi connectivity index (χ2v) is 5.71. The molecule has 4 heteroatoms. The molecule has 0 bridgehead atoms. The average Bonchev–Trinajstić information content (AvgIpc) is 3.23. The van der Waals surface area contributed by atoms with Crippen molar-refractivity contribution in [3.63, 3.8) is 0 Å². The second-order valence-electron chi connectivity index (χ2n) is 5.71. The van der Waals surface area contributed by atoms with Gasteiger partial charge in [0.1, 0.15) is 5.75 Å². The molecule has 1 unspecified atom stereocenters. The lowest BCUT2D eigenvalue weighted by molar-refractivity contribution is -0.129. The quantitative estimate of drug-likeness (QED) is 0.856. The van der Waals surface area contributed by atoms with E-state index in [4.69, 9.17) is 4.74 Å². The van der Waals surface area contributed by atoms with E-state index in [1.165, 1.54) is 18.4 Å². The highest BCUT2D eigenvalue weighted by Gasteiger charge is 2.35. The zero-order valence-electron chi connectivity index (χ0n) is 12.0. The summed E-state index contributed by atoms with van der Waals surface area (Å²) >= 11 is 0. The lowest BCUT2D eigenvalue weighted by atomic mass is 10.1. The molecule has 1 amide bonds. The van der Waals surface area contributed by atoms with Gasteiger partial charge in [0.25, 0.3) is 0 Å². The van der Waals surface area contributed by atoms with Gasteiger partial charge in [0.05, 0.1) is 13.2 Å². The normalized spacial score (nSPS) is 22.4. The Morgan fingerprint density at radius 2 is 2.20 bits per heavy atom. The number of nitrogens with zero attached hydrogens (tertiary/aromatic N) is 1. The molecule has 1 aromatic rings. The summed E-state index contributed by atoms with van der Waals surface area (Å²) in [7, 11) is 1.68. The zero-order valence-corrected chi connectivity index (χ0v) is 12.0. The first-order valence-corrected chi connectivity index (χ1v) is 7.44. The third-order valence-electron chi connectivity index (χ3n) is 4.12. The van der Waals surface area contributed by atoms with Gasteiger partial charge in [-0.1, -0.05) is 12.1 Å². The second kappa shape index (κ2) is 5.83. The summed E-state index contributed by atoms with van der Waals surface area (Å²) in [6.45, 7) is 1.68. The summed E-state index contributed by atoms with van der Waals surface area (Å²) in [5.41, 5.74) is 1.22. The van der Waals surface area contributed by atoms with Crippen LogP contribution in [0.25, 0.3) is 0 Å². The zero-order chi connectivity index (χ0) is 13.9. The van der Waals surface area contributed by atoms with E-state index in [9.17, 15) is 4.79 Å². The summed E-state index contributed by atoms with van der Waals surface area (Å²) in [6.07, 6.45) is 4.30. The monoisotopic (exact) mass is 274 g/mol. The number of nitrogens with one attached hydrogen (secondary N) is 1. The minimum Gasteiger partial charge on any atom is -0.497 e. The van der Waals surface area contributed by atoms with E-state index in [0.29, 0.717) is 6.04 Å². The van der Waals surface area contributed by atoms with Crippen molar-refractivity contribution in [2.45, 2.75) is 37.8 Å². The number of hydrogen-bond donors (Lipinski definition) is 1. The maximum absolute atomic E-state index is 12.3. The van der Waals surface area contributed by atoms with Crippen LogP contribution in [0.15, 0.2) is 24.3 Å². The number of ether oxygens (including phenoxy) is 1. The number of hydrogen-bond acceptors (Lipinski definition) is 3. The van der Waals surface area contributed by atoms with Gasteiger partial charge in [-0.05, 0) is 43.4 Å². The Kier molecular flexibility index (Phi) is 3.92. The van der Waals surface area contributed by atoms with Crippen LogP contribution in [0.3, 0.4) is 0 Å². The molecule has 3 rings (SSSR count). The Labute approximate surface area is 120 Å². The predicted octanol–water partition coefficient (Wildman–Crippen LogP) is 1.59. The molecule has 108 valence electrons. The highest BCUT2D eigenvalue weighted by Crippen LogP contribution is 2.22. The highest BCUT2D eigenvalue weighted by molar-refractivity contribution is 5.84. The maximum atomic E-state index is 12.3. The van der Waals surface area contributed by atoms with E-state index in [0.717, 1.165) is 31.7 Å². The summed E-state index contributed by atoms with van der Waals surface area (Å²) in [5, 5.41) is 3.44. The van der Waals surface area contributed by atoms with Gasteiger partial charge in [-0.2, -0.15) is 0 Å². The first-order valence-electron chi connectivity index (χ1n) is 7.44. The summed E-state index contributed by atoms with van der Waals surface area (Å²) in [5.74, 6) is 1.16. The third-order valence-corrected chi connectivity index (χ3v) is 4.12. The largest absolute Gasteiger partial charge is 0.497 e. The van der Waals surface area contributed by atoms with Gasteiger partial charge in [-0.25, -0.2) is 0 Å². The average molecular weight is 274 g/mol. The highest BCUT2D eigenvalue weighted by atomic mass is 16.5. The van der Waals surface area contributed by atoms with Crippen molar-refractivity contribution < 1.29 is 9.53 Å². The van der Waals surface area contributed by atoms with Crippen LogP contribution >= 0.6 is 0 Å². The lowest BCUT2D eigenvalue weighted by Gasteiger charge is -2.17. The van der Waals surface area contributed by atoms with Gasteiger partial charge in [0.2, 0.25) is 5.91 Å². The molecule has 4 nitrogen and oxygen atoms in total. The Balaban J connectivity index is 1.51. The molecule has 0 radical (unpaired) electrons. The van der Waals surface area contributed by atoms with Gasteiger partial charge >= 0.3 is 0 Å². The van der Waals surface area contributed by atoms with Crippen LogP contribution < -0.4 is 10.1 Å². The maximum Gasteiger partial charge on any atom is 0.239 e. The van der Waals surface area contributed by atoms with Crippen LogP contribution in [-0.4, -0.2) is 43.1 Å². The van der Waals surface area contributed by atoms with Crippen molar-refractivity contribution in [1.29, 1.82) is 0 Å². The van der Waals surface area contributed by atoms with Gasteiger partial charge < -0.3 is 15.0 Å². The van der Waals surface area contributed by atoms with E-state index in [2.05, 4.69) is 11.4 Å². The van der Waals surface area contributed by atoms with E-state index < -0.39 is 0 Å². The minimum absolute atomic E-state index is 0.0628. The number of carbonyl (C=O) groups excluding carboxylic acids is 1. The number of rotatable bonds is 6. The SMILES string of the molecule is COc1cccc(CCN2CCC(NC3CC3)C2=O)c1. The molecular weight excluding hydrogens is 252 g/mol. The molecule has 1 N–H and O–H groups in total. The summed E-state index contributed by atoms with van der Waals surface area (Å²) in [6, 6.07) is 8.73. The van der Waals surface area contributed by atoms with Gasteiger partial charge in [0, 0.05) is 19.1 Å². The topological polar surface area (TPSA) is 41.6 Å². The molecule has 1 aromatic carbocycles. The predicted molar refractivity (Wildman–Crippen MR) is 77.8 cm³/mol. The molecule has 2 fully saturated rings. The van der Waals surface area contributed by atoms with Gasteiger partial charge in [0.15, 0.2) is 0 Å². The van der Waals surface area contributed by atoms with Crippen LogP contribution in [0.2, 0.25) is 0 Å². The van der Waals surface area contributed by atoms with E-state index in [1.54, 1.807) is 7.11 Å². The van der Waals surface area contributed by atoms with Crippen LogP contribution in [-0.2, 0) is 11.2 Å². The number of carbonyl (C=O) groups is 1. The van der Waals surface area contributed by atoms with Crippen LogP contribution in [0.1, 0.15) is 24.8 Å². The molecule has 1 saturated heterocycles. The molecule has 1 aliphatic carbocycles. The standard InChI is InChI=1S/C16H22N2O2/c1-20-14-4-2-3-12(11-14)7-9-18-10-8-15(16(18)19)17-13-5-6-13/h2-4,11,13,15,17H,5-10H2,1H3. The summed E-state index contributed by atoms with van der Waals surface area (Å²) in [4.78, 5) is 14.2. The van der Waals surface area contributed by atoms with E-state index in [-0.39, 0.29) is 11.9 Å². The van der Waals surface area contributed by atoms with Crippen molar-refractivity contribution in [3.05, 3.63) is 29.8 Å². The number of amides is 1. The number of likely N-dealkylation sites (tertiary alicyclic amines) is 1. The van der Waals surface area contributed by atoms with Crippen molar-refractivity contribution in [3.8, 4) is 5.75 Å². The van der Waals surface area contributed by atoms with Crippen molar-refractivity contribution >= 4 is 5.91 Å². The molecule has 1 saturated carbocycles. The molecule has 0 spiro atoms. The first kappa shape index (κ1) is 13.4. The molecule has 2 aliphatic rings. The lowest BCUT2D eigenvalue weighted by Crippen LogP contribution is -2.39. The van der Waals surface area contributed by atoms with Crippen molar-refractivity contribution in [1.82, 2.24) is 10.2 Å². The summed E-state index contributed by atoms with van der Waals surface area (Å²) < 4.78 is 5.22. The minimum atomic E-state index is 0.0628. The molecule has 1 heterocycles. The molecule has 1 atom stereocenters. The smallest absolute Gasteiger partial charge is 0.239 e. The molecule has 1 aliphatic heterocycles. The van der Waals surface area contributed by atoms with Crippen LogP contribution in [0.5, 0.6) is 5.75 Å². The van der Waals surface area contributed by atoms with Crippen LogP contribution in [0.4, 0.5) is 0 Å². The Hall–Kier alpha value is -1.55. The van der Waals surface area contributed by atoms with E-state index >= 15 is 0 Å². The molecular formula is C16H22N2O2. The number of methoxy groups -OCH3 is 1. The van der Waals surface area contributed by atoms with Crippen LogP contribution in [0, 0.1) is 0 Å². The molecule has 20 heavy (non-hydrogen) atoms. The fourth-order valence-corrected chi connectivity index (χ4v) is 2.74. The Morgan fingerprint density at radius 1 is 1.35 bits per heavy atom. The Bertz CT molecular complexity index is 485.